The lowest BCUT2D eigenvalue weighted by Gasteiger charge is -2.23. The predicted molar refractivity (Wildman–Crippen MR) is 83.6 cm³/mol. The van der Waals surface area contributed by atoms with E-state index in [4.69, 9.17) is 4.74 Å². The zero-order valence-electron chi connectivity index (χ0n) is 11.6. The molecule has 1 saturated carbocycles. The molecule has 0 aromatic carbocycles. The van der Waals surface area contributed by atoms with Gasteiger partial charge in [-0.05, 0) is 44.8 Å². The number of nitrogens with one attached hydrogen (secondary N) is 2. The van der Waals surface area contributed by atoms with Crippen LogP contribution in [0.4, 0.5) is 5.69 Å². The van der Waals surface area contributed by atoms with Crippen LogP contribution in [0.3, 0.4) is 0 Å². The fraction of sp³-hybridized carbons (Fsp3) is 0.615. The second-order valence-corrected chi connectivity index (χ2v) is 7.26. The summed E-state index contributed by atoms with van der Waals surface area (Å²) in [6.07, 6.45) is 5.14. The Morgan fingerprint density at radius 1 is 1.19 bits per heavy atom. The molecule has 2 fully saturated rings. The van der Waals surface area contributed by atoms with Crippen LogP contribution < -0.4 is 14.8 Å². The van der Waals surface area contributed by atoms with Crippen molar-refractivity contribution in [1.82, 2.24) is 10.3 Å². The molecule has 2 heterocycles. The van der Waals surface area contributed by atoms with Gasteiger partial charge in [0.25, 0.3) is 0 Å². The molecule has 0 radical (unpaired) electrons. The Hall–Kier alpha value is -1.05. The molecule has 2 N–H and O–H groups in total. The van der Waals surface area contributed by atoms with Crippen LogP contribution in [0.15, 0.2) is 18.3 Å². The molecule has 3 rings (SSSR count). The van der Waals surface area contributed by atoms with Crippen LogP contribution in [0.25, 0.3) is 0 Å². The van der Waals surface area contributed by atoms with Gasteiger partial charge < -0.3 is 10.1 Å². The highest BCUT2D eigenvalue weighted by molar-refractivity contribution is 7.93. The quantitative estimate of drug-likeness (QED) is 0.854. The molecular weight excluding hydrogens is 314 g/mol. The number of anilines is 1. The Kier molecular flexibility index (Phi) is 5.29. The third kappa shape index (κ3) is 4.46. The van der Waals surface area contributed by atoms with Crippen molar-refractivity contribution < 1.29 is 13.2 Å². The van der Waals surface area contributed by atoms with Crippen LogP contribution in [-0.4, -0.2) is 37.8 Å². The second-order valence-electron chi connectivity index (χ2n) is 5.30. The maximum Gasteiger partial charge on any atom is 0.235 e. The first kappa shape index (κ1) is 16.3. The summed E-state index contributed by atoms with van der Waals surface area (Å²) in [6.45, 7) is 1.92. The largest absolute Gasteiger partial charge is 0.474 e. The molecule has 0 bridgehead atoms. The molecule has 1 aliphatic carbocycles. The summed E-state index contributed by atoms with van der Waals surface area (Å²) < 4.78 is 31.9. The van der Waals surface area contributed by atoms with Crippen LogP contribution in [0.1, 0.15) is 25.7 Å². The number of sulfonamides is 1. The van der Waals surface area contributed by atoms with E-state index in [1.54, 1.807) is 12.1 Å². The number of nitrogens with zero attached hydrogens (tertiary/aromatic N) is 1. The molecule has 6 nitrogen and oxygen atoms in total. The zero-order valence-corrected chi connectivity index (χ0v) is 13.3. The minimum Gasteiger partial charge on any atom is -0.474 e. The van der Waals surface area contributed by atoms with Crippen molar-refractivity contribution in [3.05, 3.63) is 18.3 Å². The van der Waals surface area contributed by atoms with E-state index in [1.165, 1.54) is 6.20 Å². The maximum absolute atomic E-state index is 11.8. The number of rotatable bonds is 5. The van der Waals surface area contributed by atoms with E-state index in [-0.39, 0.29) is 23.8 Å². The predicted octanol–water partition coefficient (Wildman–Crippen LogP) is 1.54. The molecule has 0 amide bonds. The third-order valence-corrected chi connectivity index (χ3v) is 5.40. The monoisotopic (exact) mass is 333 g/mol. The van der Waals surface area contributed by atoms with Gasteiger partial charge in [0.1, 0.15) is 6.10 Å². The highest BCUT2D eigenvalue weighted by Gasteiger charge is 2.35. The van der Waals surface area contributed by atoms with Gasteiger partial charge in [0.05, 0.1) is 17.1 Å². The molecular formula is C13H20ClN3O3S. The Balaban J connectivity index is 0.00000161. The van der Waals surface area contributed by atoms with Crippen molar-refractivity contribution in [3.63, 3.8) is 0 Å². The van der Waals surface area contributed by atoms with Gasteiger partial charge in [-0.25, -0.2) is 13.4 Å². The molecule has 21 heavy (non-hydrogen) atoms. The summed E-state index contributed by atoms with van der Waals surface area (Å²) >= 11 is 0. The van der Waals surface area contributed by atoms with Crippen molar-refractivity contribution in [2.45, 2.75) is 37.0 Å². The molecule has 0 atom stereocenters. The number of piperidine rings is 1. The van der Waals surface area contributed by atoms with Crippen LogP contribution in [-0.2, 0) is 10.0 Å². The molecule has 2 aliphatic rings. The average molecular weight is 334 g/mol. The second kappa shape index (κ2) is 6.81. The molecule has 0 unspecified atom stereocenters. The van der Waals surface area contributed by atoms with Gasteiger partial charge in [0.2, 0.25) is 15.9 Å². The number of pyridine rings is 1. The van der Waals surface area contributed by atoms with Crippen molar-refractivity contribution in [3.8, 4) is 5.88 Å². The third-order valence-electron chi connectivity index (χ3n) is 3.53. The summed E-state index contributed by atoms with van der Waals surface area (Å²) in [5, 5.41) is 3.05. The molecule has 1 saturated heterocycles. The fourth-order valence-corrected chi connectivity index (χ4v) is 3.59. The first-order valence-electron chi connectivity index (χ1n) is 6.98. The first-order chi connectivity index (χ1) is 9.63. The van der Waals surface area contributed by atoms with E-state index in [2.05, 4.69) is 15.0 Å². The van der Waals surface area contributed by atoms with Gasteiger partial charge in [-0.3, -0.25) is 4.72 Å². The average Bonchev–Trinajstić information content (AvgIpc) is 3.27. The van der Waals surface area contributed by atoms with Crippen molar-refractivity contribution in [1.29, 1.82) is 0 Å². The summed E-state index contributed by atoms with van der Waals surface area (Å²) in [7, 11) is -3.22. The Bertz CT molecular complexity index is 555. The lowest BCUT2D eigenvalue weighted by atomic mass is 10.1. The van der Waals surface area contributed by atoms with E-state index >= 15 is 0 Å². The molecule has 1 aliphatic heterocycles. The highest BCUT2D eigenvalue weighted by Crippen LogP contribution is 2.29. The molecule has 8 heteroatoms. The SMILES string of the molecule is Cl.O=S(=O)(Nc1ccc(OC2CCNCC2)nc1)C1CC1. The highest BCUT2D eigenvalue weighted by atomic mass is 35.5. The Morgan fingerprint density at radius 2 is 1.90 bits per heavy atom. The van der Waals surface area contributed by atoms with Gasteiger partial charge in [0, 0.05) is 6.07 Å². The number of ether oxygens (including phenoxy) is 1. The van der Waals surface area contributed by atoms with Gasteiger partial charge in [0.15, 0.2) is 0 Å². The van der Waals surface area contributed by atoms with Gasteiger partial charge in [-0.15, -0.1) is 12.4 Å². The molecule has 0 spiro atoms. The first-order valence-corrected chi connectivity index (χ1v) is 8.53. The topological polar surface area (TPSA) is 80.3 Å². The molecule has 1 aromatic rings. The fourth-order valence-electron chi connectivity index (χ4n) is 2.22. The van der Waals surface area contributed by atoms with Gasteiger partial charge in [-0.1, -0.05) is 0 Å². The lowest BCUT2D eigenvalue weighted by molar-refractivity contribution is 0.156. The van der Waals surface area contributed by atoms with Crippen LogP contribution >= 0.6 is 12.4 Å². The van der Waals surface area contributed by atoms with Gasteiger partial charge in [-0.2, -0.15) is 0 Å². The summed E-state index contributed by atoms with van der Waals surface area (Å²) in [6, 6.07) is 3.41. The van der Waals surface area contributed by atoms with Crippen LogP contribution in [0.5, 0.6) is 5.88 Å². The smallest absolute Gasteiger partial charge is 0.235 e. The summed E-state index contributed by atoms with van der Waals surface area (Å²) in [5.74, 6) is 0.547. The van der Waals surface area contributed by atoms with Crippen LogP contribution in [0, 0.1) is 0 Å². The minimum absolute atomic E-state index is 0. The summed E-state index contributed by atoms with van der Waals surface area (Å²) in [4.78, 5) is 4.17. The van der Waals surface area contributed by atoms with E-state index in [1.807, 2.05) is 0 Å². The van der Waals surface area contributed by atoms with Gasteiger partial charge >= 0.3 is 0 Å². The van der Waals surface area contributed by atoms with Crippen molar-refractivity contribution in [2.24, 2.45) is 0 Å². The lowest BCUT2D eigenvalue weighted by Crippen LogP contribution is -2.34. The maximum atomic E-state index is 11.8. The Morgan fingerprint density at radius 3 is 2.48 bits per heavy atom. The number of hydrogen-bond acceptors (Lipinski definition) is 5. The minimum atomic E-state index is -3.22. The van der Waals surface area contributed by atoms with E-state index in [0.29, 0.717) is 11.6 Å². The van der Waals surface area contributed by atoms with Crippen molar-refractivity contribution in [2.75, 3.05) is 17.8 Å². The standard InChI is InChI=1S/C13H19N3O3S.ClH/c17-20(18,12-2-3-12)16-10-1-4-13(15-9-10)19-11-5-7-14-8-6-11;/h1,4,9,11-12,14,16H,2-3,5-8H2;1H. The van der Waals surface area contributed by atoms with E-state index < -0.39 is 10.0 Å². The van der Waals surface area contributed by atoms with E-state index in [0.717, 1.165) is 38.8 Å². The van der Waals surface area contributed by atoms with E-state index in [9.17, 15) is 8.42 Å². The molecule has 1 aromatic heterocycles. The normalized spacial score (nSPS) is 19.6. The number of aromatic nitrogens is 1. The van der Waals surface area contributed by atoms with Crippen molar-refractivity contribution >= 4 is 28.1 Å². The number of hydrogen-bond donors (Lipinski definition) is 2. The number of halogens is 1. The summed E-state index contributed by atoms with van der Waals surface area (Å²) in [5.41, 5.74) is 0.495. The zero-order chi connectivity index (χ0) is 14.0. The molecule has 118 valence electrons. The Labute approximate surface area is 131 Å². The van der Waals surface area contributed by atoms with Crippen LogP contribution in [0.2, 0.25) is 0 Å².